The Morgan fingerprint density at radius 2 is 0.681 bits per heavy atom. The van der Waals surface area contributed by atoms with Gasteiger partial charge in [-0.05, 0) is 151 Å². The van der Waals surface area contributed by atoms with Crippen LogP contribution in [0.15, 0.2) is 303 Å². The number of anilines is 6. The van der Waals surface area contributed by atoms with Crippen LogP contribution in [0.3, 0.4) is 0 Å². The molecule has 0 N–H and O–H groups in total. The number of hydrogen-bond acceptors (Lipinski definition) is 2. The molecule has 0 bridgehead atoms. The third kappa shape index (κ3) is 7.22. The summed E-state index contributed by atoms with van der Waals surface area (Å²) in [4.78, 5) is 5.15. The van der Waals surface area contributed by atoms with E-state index in [0.717, 1.165) is 39.7 Å². The van der Waals surface area contributed by atoms with Gasteiger partial charge in [0, 0.05) is 71.0 Å². The molecule has 4 nitrogen and oxygen atoms in total. The Morgan fingerprint density at radius 1 is 0.245 bits per heavy atom. The molecule has 18 aromatic rings. The number of rotatable bonds is 9. The zero-order chi connectivity index (χ0) is 62.3. The fourth-order valence-corrected chi connectivity index (χ4v) is 17.3. The maximum absolute atomic E-state index is 2.62. The molecule has 0 spiro atoms. The SMILES string of the molecule is CC1(C)c2ccccc2-c2ccc(N(c3ccc(-c4ccccc4)cc3)c3cccc4c5c(-c6cc7c(c(N(c8ccc(-c9ccccc9)cc8)c8cccc9c%10cccc%11c%12ccccc%12n(c89)c%11%10)c6)C(C)(C)c6ccccc6-7)ccc6c7ccccc7n(c34)c65)cc21. The molecule has 0 amide bonds. The second-order valence-corrected chi connectivity index (χ2v) is 27.1. The van der Waals surface area contributed by atoms with Gasteiger partial charge < -0.3 is 18.6 Å². The lowest BCUT2D eigenvalue weighted by Gasteiger charge is -2.33. The fraction of sp³-hybridized carbons (Fsp3) is 0.0667. The molecule has 442 valence electrons. The summed E-state index contributed by atoms with van der Waals surface area (Å²) in [5, 5.41) is 9.95. The average Bonchev–Trinajstić information content (AvgIpc) is 1.53. The van der Waals surface area contributed by atoms with Gasteiger partial charge in [-0.2, -0.15) is 0 Å². The fourth-order valence-electron chi connectivity index (χ4n) is 17.3. The first-order valence-corrected chi connectivity index (χ1v) is 33.0. The summed E-state index contributed by atoms with van der Waals surface area (Å²) >= 11 is 0. The molecule has 0 fully saturated rings. The van der Waals surface area contributed by atoms with E-state index in [0.29, 0.717) is 0 Å². The lowest BCUT2D eigenvalue weighted by Crippen LogP contribution is -2.21. The van der Waals surface area contributed by atoms with Crippen molar-refractivity contribution < 1.29 is 0 Å². The molecule has 4 aromatic heterocycles. The molecule has 94 heavy (non-hydrogen) atoms. The van der Waals surface area contributed by atoms with Gasteiger partial charge in [-0.3, -0.25) is 0 Å². The number of fused-ring (bicyclic) bond motifs is 18. The van der Waals surface area contributed by atoms with E-state index in [4.69, 9.17) is 0 Å². The van der Waals surface area contributed by atoms with E-state index >= 15 is 0 Å². The molecular weight excluding hydrogens is 1140 g/mol. The standard InChI is InChI=1S/C90H62N4/c1-89(2)75-34-15-11-26-64(75)66-49-48-62(54-77(66)89)91(60-44-40-57(41-45-60)55-22-7-5-8-23-55)80-38-21-33-73-83-63(50-51-72-68-29-14-18-37-79(68)94(87(73)80)88(72)83)59-52-74-65-27-12-16-35-76(65)90(3,4)84(74)82(53-59)92(61-46-42-58(43-47-61)56-24-9-6-10-25-56)81-39-20-32-71-70-31-19-30-69-67-28-13-17-36-78(67)93(85(69)70)86(71)81/h5-54H,1-4H3. The lowest BCUT2D eigenvalue weighted by atomic mass is 9.80. The smallest absolute Gasteiger partial charge is 0.0783 e. The number of para-hydroxylation sites is 5. The van der Waals surface area contributed by atoms with Crippen LogP contribution >= 0.6 is 0 Å². The predicted octanol–water partition coefficient (Wildman–Crippen LogP) is 24.5. The molecule has 4 heteroatoms. The zero-order valence-corrected chi connectivity index (χ0v) is 52.7. The molecule has 14 aromatic carbocycles. The molecule has 0 saturated carbocycles. The molecule has 20 rings (SSSR count). The third-order valence-electron chi connectivity index (χ3n) is 21.5. The Balaban J connectivity index is 0.876. The van der Waals surface area contributed by atoms with Crippen molar-refractivity contribution in [3.05, 3.63) is 326 Å². The monoisotopic (exact) mass is 1200 g/mol. The Hall–Kier alpha value is -11.7. The minimum atomic E-state index is -0.372. The van der Waals surface area contributed by atoms with Crippen LogP contribution in [-0.2, 0) is 10.8 Å². The van der Waals surface area contributed by atoms with E-state index in [1.807, 2.05) is 0 Å². The summed E-state index contributed by atoms with van der Waals surface area (Å²) in [5.41, 5.74) is 31.0. The van der Waals surface area contributed by atoms with Gasteiger partial charge in [-0.25, -0.2) is 0 Å². The predicted molar refractivity (Wildman–Crippen MR) is 397 cm³/mol. The van der Waals surface area contributed by atoms with Crippen molar-refractivity contribution in [1.29, 1.82) is 0 Å². The summed E-state index contributed by atoms with van der Waals surface area (Å²) in [5.74, 6) is 0. The molecule has 0 saturated heterocycles. The lowest BCUT2D eigenvalue weighted by molar-refractivity contribution is 0.660. The second kappa shape index (κ2) is 19.4. The van der Waals surface area contributed by atoms with Crippen LogP contribution in [-0.4, -0.2) is 8.80 Å². The molecule has 2 aliphatic carbocycles. The number of benzene rings is 14. The first-order chi connectivity index (χ1) is 46.2. The molecule has 4 heterocycles. The molecule has 0 atom stereocenters. The van der Waals surface area contributed by atoms with Gasteiger partial charge in [0.25, 0.3) is 0 Å². The minimum absolute atomic E-state index is 0.197. The van der Waals surface area contributed by atoms with E-state index in [2.05, 4.69) is 350 Å². The minimum Gasteiger partial charge on any atom is -0.308 e. The summed E-state index contributed by atoms with van der Waals surface area (Å²) in [7, 11) is 0. The molecule has 0 unspecified atom stereocenters. The second-order valence-electron chi connectivity index (χ2n) is 27.1. The topological polar surface area (TPSA) is 15.3 Å². The highest BCUT2D eigenvalue weighted by Gasteiger charge is 2.41. The first kappa shape index (κ1) is 53.0. The van der Waals surface area contributed by atoms with E-state index in [1.165, 1.54) is 149 Å². The largest absolute Gasteiger partial charge is 0.308 e. The van der Waals surface area contributed by atoms with Crippen molar-refractivity contribution in [2.24, 2.45) is 0 Å². The van der Waals surface area contributed by atoms with E-state index in [9.17, 15) is 0 Å². The van der Waals surface area contributed by atoms with Gasteiger partial charge in [0.15, 0.2) is 0 Å². The van der Waals surface area contributed by atoms with Crippen molar-refractivity contribution in [3.8, 4) is 55.6 Å². The average molecular weight is 1200 g/mol. The van der Waals surface area contributed by atoms with E-state index in [1.54, 1.807) is 0 Å². The Morgan fingerprint density at radius 3 is 1.33 bits per heavy atom. The molecular formula is C90H62N4. The van der Waals surface area contributed by atoms with Crippen LogP contribution in [0, 0.1) is 0 Å². The van der Waals surface area contributed by atoms with Crippen LogP contribution in [0.4, 0.5) is 34.1 Å². The van der Waals surface area contributed by atoms with Crippen LogP contribution in [0.2, 0.25) is 0 Å². The maximum atomic E-state index is 2.62. The van der Waals surface area contributed by atoms with Gasteiger partial charge in [-0.1, -0.05) is 258 Å². The Kier molecular flexibility index (Phi) is 10.9. The molecule has 0 radical (unpaired) electrons. The van der Waals surface area contributed by atoms with E-state index in [-0.39, 0.29) is 10.8 Å². The van der Waals surface area contributed by atoms with Crippen molar-refractivity contribution in [1.82, 2.24) is 8.80 Å². The van der Waals surface area contributed by atoms with Crippen molar-refractivity contribution >= 4 is 110 Å². The Bertz CT molecular complexity index is 6150. The summed E-state index contributed by atoms with van der Waals surface area (Å²) in [6.45, 7) is 9.66. The molecule has 0 aliphatic heterocycles. The van der Waals surface area contributed by atoms with Gasteiger partial charge in [0.2, 0.25) is 0 Å². The van der Waals surface area contributed by atoms with Crippen molar-refractivity contribution in [2.75, 3.05) is 9.80 Å². The Labute approximate surface area is 545 Å². The quantitative estimate of drug-likeness (QED) is 0.143. The van der Waals surface area contributed by atoms with Crippen LogP contribution in [0.1, 0.15) is 49.9 Å². The van der Waals surface area contributed by atoms with Crippen molar-refractivity contribution in [3.63, 3.8) is 0 Å². The van der Waals surface area contributed by atoms with Crippen LogP contribution in [0.25, 0.3) is 132 Å². The third-order valence-corrected chi connectivity index (χ3v) is 21.5. The van der Waals surface area contributed by atoms with Crippen molar-refractivity contribution in [2.45, 2.75) is 38.5 Å². The van der Waals surface area contributed by atoms with Crippen LogP contribution in [0.5, 0.6) is 0 Å². The molecule has 2 aliphatic rings. The highest BCUT2D eigenvalue weighted by molar-refractivity contribution is 6.29. The number of aromatic nitrogens is 2. The summed E-state index contributed by atoms with van der Waals surface area (Å²) in [6, 6.07) is 114. The zero-order valence-electron chi connectivity index (χ0n) is 52.7. The highest BCUT2D eigenvalue weighted by atomic mass is 15.2. The van der Waals surface area contributed by atoms with Gasteiger partial charge in [0.1, 0.15) is 0 Å². The van der Waals surface area contributed by atoms with Gasteiger partial charge in [0.05, 0.1) is 50.2 Å². The maximum Gasteiger partial charge on any atom is 0.0783 e. The van der Waals surface area contributed by atoms with Gasteiger partial charge >= 0.3 is 0 Å². The normalized spacial score (nSPS) is 13.7. The summed E-state index contributed by atoms with van der Waals surface area (Å²) < 4.78 is 5.17. The number of nitrogens with zero attached hydrogens (tertiary/aromatic N) is 4. The highest BCUT2D eigenvalue weighted by Crippen LogP contribution is 2.59. The first-order valence-electron chi connectivity index (χ1n) is 33.0. The summed E-state index contributed by atoms with van der Waals surface area (Å²) in [6.07, 6.45) is 0. The van der Waals surface area contributed by atoms with E-state index < -0.39 is 0 Å². The number of hydrogen-bond donors (Lipinski definition) is 0. The van der Waals surface area contributed by atoms with Crippen LogP contribution < -0.4 is 9.80 Å². The van der Waals surface area contributed by atoms with Gasteiger partial charge in [-0.15, -0.1) is 0 Å².